The Morgan fingerprint density at radius 1 is 1.33 bits per heavy atom. The molecular formula is C20H20N6O2S2. The summed E-state index contributed by atoms with van der Waals surface area (Å²) in [6.07, 6.45) is 6.98. The Labute approximate surface area is 180 Å². The number of nitrogens with zero attached hydrogens (tertiary/aromatic N) is 5. The third-order valence-electron chi connectivity index (χ3n) is 5.63. The van der Waals surface area contributed by atoms with Gasteiger partial charge in [0.15, 0.2) is 16.6 Å². The molecule has 2 aliphatic carbocycles. The lowest BCUT2D eigenvalue weighted by Gasteiger charge is -2.11. The molecule has 1 N–H and O–H groups in total. The van der Waals surface area contributed by atoms with E-state index in [0.29, 0.717) is 17.5 Å². The zero-order chi connectivity index (χ0) is 20.2. The number of amides is 1. The Kier molecular flexibility index (Phi) is 4.31. The summed E-state index contributed by atoms with van der Waals surface area (Å²) in [4.78, 5) is 20.0. The quantitative estimate of drug-likeness (QED) is 0.466. The SMILES string of the molecule is Cc1cc(NC(=O)CSc2nnc3c4c5c(sc4nc(C4CC4)n23)CCCC5)no1. The van der Waals surface area contributed by atoms with Gasteiger partial charge in [0.25, 0.3) is 0 Å². The molecule has 0 aromatic carbocycles. The number of hydrogen-bond acceptors (Lipinski definition) is 8. The number of hydrogen-bond donors (Lipinski definition) is 1. The zero-order valence-corrected chi connectivity index (χ0v) is 18.1. The van der Waals surface area contributed by atoms with Gasteiger partial charge in [0.05, 0.1) is 11.1 Å². The van der Waals surface area contributed by atoms with Crippen molar-refractivity contribution >= 4 is 50.7 Å². The second-order valence-corrected chi connectivity index (χ2v) is 9.96. The number of rotatable bonds is 5. The van der Waals surface area contributed by atoms with Crippen LogP contribution in [0, 0.1) is 6.92 Å². The largest absolute Gasteiger partial charge is 0.360 e. The van der Waals surface area contributed by atoms with Crippen molar-refractivity contribution in [1.82, 2.24) is 24.7 Å². The molecule has 1 saturated carbocycles. The Hall–Kier alpha value is -2.46. The number of thiophene rings is 1. The maximum atomic E-state index is 12.4. The van der Waals surface area contributed by atoms with E-state index in [1.54, 1.807) is 13.0 Å². The molecule has 6 rings (SSSR count). The molecule has 10 heteroatoms. The molecule has 4 aromatic heterocycles. The normalized spacial score (nSPS) is 16.3. The van der Waals surface area contributed by atoms with E-state index in [1.165, 1.54) is 40.4 Å². The first-order valence-electron chi connectivity index (χ1n) is 10.2. The van der Waals surface area contributed by atoms with Gasteiger partial charge in [0.1, 0.15) is 16.4 Å². The molecule has 154 valence electrons. The summed E-state index contributed by atoms with van der Waals surface area (Å²) in [5.41, 5.74) is 2.31. The van der Waals surface area contributed by atoms with E-state index in [9.17, 15) is 4.79 Å². The van der Waals surface area contributed by atoms with E-state index < -0.39 is 0 Å². The summed E-state index contributed by atoms with van der Waals surface area (Å²) in [7, 11) is 0. The van der Waals surface area contributed by atoms with Crippen LogP contribution < -0.4 is 5.32 Å². The standard InChI is InChI=1S/C20H20N6O2S2/c1-10-8-14(25-28-10)21-15(27)9-29-20-24-23-18-16-12-4-2-3-5-13(12)30-19(16)22-17(26(18)20)11-6-7-11/h8,11H,2-7,9H2,1H3,(H,21,25,27). The topological polar surface area (TPSA) is 98.2 Å². The van der Waals surface area contributed by atoms with Crippen molar-refractivity contribution < 1.29 is 9.32 Å². The van der Waals surface area contributed by atoms with Crippen molar-refractivity contribution in [2.45, 2.75) is 56.5 Å². The number of carbonyl (C=O) groups excluding carboxylic acids is 1. The molecule has 8 nitrogen and oxygen atoms in total. The van der Waals surface area contributed by atoms with E-state index in [0.717, 1.165) is 47.1 Å². The lowest BCUT2D eigenvalue weighted by Crippen LogP contribution is -2.14. The third kappa shape index (κ3) is 3.09. The van der Waals surface area contributed by atoms with Crippen LogP contribution >= 0.6 is 23.1 Å². The Morgan fingerprint density at radius 3 is 3.00 bits per heavy atom. The van der Waals surface area contributed by atoms with Gasteiger partial charge in [-0.2, -0.15) is 0 Å². The van der Waals surface area contributed by atoms with E-state index in [2.05, 4.69) is 25.1 Å². The van der Waals surface area contributed by atoms with E-state index in [-0.39, 0.29) is 11.7 Å². The molecule has 0 atom stereocenters. The van der Waals surface area contributed by atoms with Crippen LogP contribution in [0.1, 0.15) is 53.6 Å². The fraction of sp³-hybridized carbons (Fsp3) is 0.450. The number of aromatic nitrogens is 5. The maximum Gasteiger partial charge on any atom is 0.236 e. The van der Waals surface area contributed by atoms with Gasteiger partial charge in [0, 0.05) is 16.9 Å². The van der Waals surface area contributed by atoms with Crippen LogP contribution in [0.15, 0.2) is 15.7 Å². The van der Waals surface area contributed by atoms with Crippen molar-refractivity contribution in [2.24, 2.45) is 0 Å². The summed E-state index contributed by atoms with van der Waals surface area (Å²) in [6.45, 7) is 1.79. The Bertz CT molecular complexity index is 1290. The number of thioether (sulfide) groups is 1. The number of carbonyl (C=O) groups is 1. The second kappa shape index (κ2) is 7.05. The fourth-order valence-electron chi connectivity index (χ4n) is 4.10. The molecule has 0 saturated heterocycles. The predicted octanol–water partition coefficient (Wildman–Crippen LogP) is 4.12. The molecule has 0 radical (unpaired) electrons. The molecule has 30 heavy (non-hydrogen) atoms. The molecule has 0 aliphatic heterocycles. The average Bonchev–Trinajstić information content (AvgIpc) is 3.20. The van der Waals surface area contributed by atoms with E-state index >= 15 is 0 Å². The van der Waals surface area contributed by atoms with Crippen LogP contribution in [-0.4, -0.2) is 36.4 Å². The first-order valence-corrected chi connectivity index (χ1v) is 12.0. The van der Waals surface area contributed by atoms with Crippen molar-refractivity contribution in [2.75, 3.05) is 11.1 Å². The fourth-order valence-corrected chi connectivity index (χ4v) is 6.10. The van der Waals surface area contributed by atoms with Gasteiger partial charge in [0.2, 0.25) is 5.91 Å². The summed E-state index contributed by atoms with van der Waals surface area (Å²) >= 11 is 3.21. The first-order chi connectivity index (χ1) is 14.7. The molecule has 0 bridgehead atoms. The van der Waals surface area contributed by atoms with Gasteiger partial charge in [-0.15, -0.1) is 21.5 Å². The van der Waals surface area contributed by atoms with Gasteiger partial charge in [-0.3, -0.25) is 9.20 Å². The minimum absolute atomic E-state index is 0.153. The van der Waals surface area contributed by atoms with Crippen LogP contribution in [0.25, 0.3) is 15.9 Å². The predicted molar refractivity (Wildman–Crippen MR) is 115 cm³/mol. The maximum absolute atomic E-state index is 12.4. The summed E-state index contributed by atoms with van der Waals surface area (Å²) < 4.78 is 7.09. The lowest BCUT2D eigenvalue weighted by atomic mass is 9.97. The summed E-state index contributed by atoms with van der Waals surface area (Å²) in [5, 5.41) is 17.5. The number of fused-ring (bicyclic) bond motifs is 5. The Balaban J connectivity index is 1.36. The Morgan fingerprint density at radius 2 is 2.20 bits per heavy atom. The highest BCUT2D eigenvalue weighted by Gasteiger charge is 2.32. The highest BCUT2D eigenvalue weighted by Crippen LogP contribution is 2.44. The minimum atomic E-state index is -0.153. The van der Waals surface area contributed by atoms with Gasteiger partial charge >= 0.3 is 0 Å². The van der Waals surface area contributed by atoms with Crippen molar-refractivity contribution in [3.63, 3.8) is 0 Å². The van der Waals surface area contributed by atoms with Crippen molar-refractivity contribution in [3.8, 4) is 0 Å². The van der Waals surface area contributed by atoms with Crippen LogP contribution in [0.2, 0.25) is 0 Å². The molecule has 0 spiro atoms. The lowest BCUT2D eigenvalue weighted by molar-refractivity contribution is -0.113. The summed E-state index contributed by atoms with van der Waals surface area (Å²) in [6, 6.07) is 1.70. The number of aryl methyl sites for hydroxylation is 3. The molecule has 2 aliphatic rings. The zero-order valence-electron chi connectivity index (χ0n) is 16.5. The van der Waals surface area contributed by atoms with Crippen LogP contribution in [-0.2, 0) is 17.6 Å². The average molecular weight is 441 g/mol. The van der Waals surface area contributed by atoms with Gasteiger partial charge < -0.3 is 9.84 Å². The number of nitrogens with one attached hydrogen (secondary N) is 1. The van der Waals surface area contributed by atoms with Crippen LogP contribution in [0.5, 0.6) is 0 Å². The first kappa shape index (κ1) is 18.3. The third-order valence-corrected chi connectivity index (χ3v) is 7.74. The minimum Gasteiger partial charge on any atom is -0.360 e. The van der Waals surface area contributed by atoms with Crippen molar-refractivity contribution in [3.05, 3.63) is 28.1 Å². The van der Waals surface area contributed by atoms with Gasteiger partial charge in [-0.05, 0) is 51.0 Å². The highest BCUT2D eigenvalue weighted by molar-refractivity contribution is 7.99. The van der Waals surface area contributed by atoms with Gasteiger partial charge in [-0.1, -0.05) is 16.9 Å². The number of anilines is 1. The molecule has 4 heterocycles. The smallest absolute Gasteiger partial charge is 0.236 e. The molecule has 1 fully saturated rings. The van der Waals surface area contributed by atoms with Crippen LogP contribution in [0.4, 0.5) is 5.82 Å². The molecule has 4 aromatic rings. The molecule has 0 unspecified atom stereocenters. The van der Waals surface area contributed by atoms with Crippen LogP contribution in [0.3, 0.4) is 0 Å². The van der Waals surface area contributed by atoms with E-state index in [4.69, 9.17) is 9.51 Å². The van der Waals surface area contributed by atoms with Crippen molar-refractivity contribution in [1.29, 1.82) is 0 Å². The van der Waals surface area contributed by atoms with Gasteiger partial charge in [-0.25, -0.2) is 4.98 Å². The highest BCUT2D eigenvalue weighted by atomic mass is 32.2. The summed E-state index contributed by atoms with van der Waals surface area (Å²) in [5.74, 6) is 2.64. The molecular weight excluding hydrogens is 420 g/mol. The molecule has 1 amide bonds. The monoisotopic (exact) mass is 440 g/mol. The second-order valence-electron chi connectivity index (χ2n) is 7.94. The van der Waals surface area contributed by atoms with E-state index in [1.807, 2.05) is 11.3 Å².